The molecule has 0 saturated carbocycles. The Morgan fingerprint density at radius 3 is 2.45 bits per heavy atom. The molecule has 0 aromatic rings. The van der Waals surface area contributed by atoms with Crippen molar-refractivity contribution in [1.29, 1.82) is 0 Å². The molecule has 1 N–H and O–H groups in total. The molecule has 0 saturated heterocycles. The average Bonchev–Trinajstić information content (AvgIpc) is 1.86. The van der Waals surface area contributed by atoms with Gasteiger partial charge in [0.1, 0.15) is 0 Å². The van der Waals surface area contributed by atoms with Gasteiger partial charge in [0.05, 0.1) is 0 Å². The van der Waals surface area contributed by atoms with Crippen LogP contribution in [0.15, 0.2) is 12.2 Å². The van der Waals surface area contributed by atoms with E-state index in [0.717, 1.165) is 6.54 Å². The van der Waals surface area contributed by atoms with E-state index in [-0.39, 0.29) is 5.91 Å². The second-order valence-electron chi connectivity index (χ2n) is 2.84. The van der Waals surface area contributed by atoms with Gasteiger partial charge < -0.3 is 0 Å². The van der Waals surface area contributed by atoms with Gasteiger partial charge in [-0.2, -0.15) is 0 Å². The minimum absolute atomic E-state index is 0.0131. The second kappa shape index (κ2) is 5.42. The Bertz CT molecular complexity index is 154. The first kappa shape index (κ1) is 10.8. The zero-order valence-corrected chi connectivity index (χ0v) is 9.35. The summed E-state index contributed by atoms with van der Waals surface area (Å²) in [6.07, 6.45) is 0. The van der Waals surface area contributed by atoms with Crippen molar-refractivity contribution < 1.29 is 4.79 Å². The third-order valence-corrected chi connectivity index (χ3v) is 3.58. The van der Waals surface area contributed by atoms with Gasteiger partial charge in [0, 0.05) is 0 Å². The fourth-order valence-corrected chi connectivity index (χ4v) is 1.72. The van der Waals surface area contributed by atoms with E-state index in [1.165, 1.54) is 5.21 Å². The first-order valence-electron chi connectivity index (χ1n) is 3.62. The Kier molecular flexibility index (Phi) is 5.31. The van der Waals surface area contributed by atoms with Crippen LogP contribution in [0.25, 0.3) is 0 Å². The van der Waals surface area contributed by atoms with Crippen molar-refractivity contribution in [2.45, 2.75) is 23.6 Å². The number of carbonyl (C=O) groups is 1. The molecule has 0 atom stereocenters. The van der Waals surface area contributed by atoms with Crippen molar-refractivity contribution >= 4 is 20.6 Å². The van der Waals surface area contributed by atoms with Gasteiger partial charge >= 0.3 is 72.9 Å². The number of rotatable bonds is 4. The van der Waals surface area contributed by atoms with Gasteiger partial charge in [-0.1, -0.05) is 0 Å². The van der Waals surface area contributed by atoms with Gasteiger partial charge in [-0.15, -0.1) is 0 Å². The molecule has 0 unspecified atom stereocenters. The third-order valence-electron chi connectivity index (χ3n) is 1.23. The van der Waals surface area contributed by atoms with Crippen molar-refractivity contribution in [2.24, 2.45) is 0 Å². The molecule has 0 aromatic heterocycles. The predicted octanol–water partition coefficient (Wildman–Crippen LogP) is 1.43. The van der Waals surface area contributed by atoms with Crippen LogP contribution < -0.4 is 5.32 Å². The first-order valence-corrected chi connectivity index (χ1v) is 8.70. The Balaban J connectivity index is 3.40. The van der Waals surface area contributed by atoms with Gasteiger partial charge in [0.15, 0.2) is 0 Å². The van der Waals surface area contributed by atoms with Crippen LogP contribution in [0.5, 0.6) is 0 Å². The molecule has 64 valence electrons. The normalized spacial score (nSPS) is 9.82. The molecule has 0 fully saturated rings. The van der Waals surface area contributed by atoms with Gasteiger partial charge in [0.2, 0.25) is 0 Å². The van der Waals surface area contributed by atoms with E-state index in [0.29, 0.717) is 5.57 Å². The molecule has 0 aliphatic rings. The van der Waals surface area contributed by atoms with Crippen LogP contribution in [0.2, 0.25) is 16.6 Å². The van der Waals surface area contributed by atoms with Crippen LogP contribution in [0.4, 0.5) is 0 Å². The van der Waals surface area contributed by atoms with Gasteiger partial charge in [-0.3, -0.25) is 0 Å². The summed E-state index contributed by atoms with van der Waals surface area (Å²) in [5, 5.41) is 3.98. The van der Waals surface area contributed by atoms with Crippen LogP contribution in [0.3, 0.4) is 0 Å². The van der Waals surface area contributed by atoms with Crippen molar-refractivity contribution in [3.8, 4) is 0 Å². The number of nitrogens with one attached hydrogen (secondary N) is 1. The van der Waals surface area contributed by atoms with E-state index in [1.54, 1.807) is 6.92 Å². The topological polar surface area (TPSA) is 29.1 Å². The molecule has 2 nitrogen and oxygen atoms in total. The van der Waals surface area contributed by atoms with E-state index in [2.05, 4.69) is 23.3 Å². The fourth-order valence-electron chi connectivity index (χ4n) is 0.544. The Morgan fingerprint density at radius 2 is 2.09 bits per heavy atom. The minimum atomic E-state index is -0.562. The zero-order valence-electron chi connectivity index (χ0n) is 7.48. The van der Waals surface area contributed by atoms with Crippen molar-refractivity contribution in [3.63, 3.8) is 0 Å². The molecule has 0 spiro atoms. The molecule has 0 heterocycles. The van der Waals surface area contributed by atoms with E-state index >= 15 is 0 Å². The van der Waals surface area contributed by atoms with E-state index in [4.69, 9.17) is 0 Å². The summed E-state index contributed by atoms with van der Waals surface area (Å²) >= 11 is -0.562. The van der Waals surface area contributed by atoms with Gasteiger partial charge in [-0.25, -0.2) is 0 Å². The Labute approximate surface area is 73.3 Å². The second-order valence-corrected chi connectivity index (χ2v) is 8.31. The summed E-state index contributed by atoms with van der Waals surface area (Å²) in [4.78, 5) is 10.9. The maximum atomic E-state index is 10.9. The Morgan fingerprint density at radius 1 is 1.55 bits per heavy atom. The summed E-state index contributed by atoms with van der Waals surface area (Å²) in [7, 11) is 0. The number of carbonyl (C=O) groups excluding carboxylic acids is 1. The average molecular weight is 217 g/mol. The van der Waals surface area contributed by atoms with Crippen LogP contribution in [-0.4, -0.2) is 27.1 Å². The molecular weight excluding hydrogens is 201 g/mol. The van der Waals surface area contributed by atoms with E-state index < -0.39 is 14.7 Å². The fraction of sp³-hybridized carbons (Fsp3) is 0.625. The first-order chi connectivity index (χ1) is 5.04. The molecule has 0 aliphatic carbocycles. The molecule has 0 aromatic carbocycles. The molecule has 11 heavy (non-hydrogen) atoms. The number of hydrogen-bond acceptors (Lipinski definition) is 1. The molecule has 0 aliphatic heterocycles. The monoisotopic (exact) mass is 217 g/mol. The third kappa shape index (κ3) is 6.18. The van der Waals surface area contributed by atoms with Crippen molar-refractivity contribution in [1.82, 2.24) is 5.32 Å². The molecule has 0 rings (SSSR count). The van der Waals surface area contributed by atoms with Gasteiger partial charge in [0.25, 0.3) is 0 Å². The summed E-state index contributed by atoms with van der Waals surface area (Å²) in [5.41, 5.74) is 5.15. The molecule has 3 heteroatoms. The van der Waals surface area contributed by atoms with Gasteiger partial charge in [-0.05, 0) is 0 Å². The SMILES string of the molecule is C=C(C)C(=O)NCC[As](C)C. The van der Waals surface area contributed by atoms with Crippen molar-refractivity contribution in [2.75, 3.05) is 6.54 Å². The van der Waals surface area contributed by atoms with Crippen molar-refractivity contribution in [3.05, 3.63) is 12.2 Å². The summed E-state index contributed by atoms with van der Waals surface area (Å²) in [6.45, 7) is 6.10. The van der Waals surface area contributed by atoms with Crippen LogP contribution in [0, 0.1) is 0 Å². The predicted molar refractivity (Wildman–Crippen MR) is 50.1 cm³/mol. The zero-order chi connectivity index (χ0) is 8.85. The number of hydrogen-bond donors (Lipinski definition) is 1. The Hall–Kier alpha value is -0.232. The number of amides is 1. The maximum absolute atomic E-state index is 10.9. The standard InChI is InChI=1S/C8H16AsNO/c1-7(2)8(11)10-6-5-9(3)4/h1,5-6H2,2-4H3,(H,10,11). The molecule has 0 radical (unpaired) electrons. The van der Waals surface area contributed by atoms with Crippen LogP contribution in [0.1, 0.15) is 6.92 Å². The molecule has 1 amide bonds. The molecule has 0 bridgehead atoms. The van der Waals surface area contributed by atoms with E-state index in [9.17, 15) is 4.79 Å². The summed E-state index contributed by atoms with van der Waals surface area (Å²) < 4.78 is 0. The quantitative estimate of drug-likeness (QED) is 0.560. The van der Waals surface area contributed by atoms with Crippen LogP contribution >= 0.6 is 0 Å². The summed E-state index contributed by atoms with van der Waals surface area (Å²) in [5.74, 6) is -0.0131. The van der Waals surface area contributed by atoms with Crippen LogP contribution in [-0.2, 0) is 4.79 Å². The summed E-state index contributed by atoms with van der Waals surface area (Å²) in [6, 6.07) is 0. The van der Waals surface area contributed by atoms with E-state index in [1.807, 2.05) is 0 Å². The molecular formula is C8H16AsNO.